The summed E-state index contributed by atoms with van der Waals surface area (Å²) in [6, 6.07) is 5.62. The first kappa shape index (κ1) is 20.6. The Labute approximate surface area is 157 Å². The van der Waals surface area contributed by atoms with E-state index in [1.54, 1.807) is 6.07 Å². The van der Waals surface area contributed by atoms with Crippen LogP contribution in [0.5, 0.6) is 0 Å². The van der Waals surface area contributed by atoms with E-state index in [9.17, 15) is 13.2 Å². The molecule has 1 fully saturated rings. The highest BCUT2D eigenvalue weighted by Gasteiger charge is 2.35. The van der Waals surface area contributed by atoms with E-state index in [1.807, 2.05) is 0 Å². The molecular weight excluding hydrogens is 359 g/mol. The quantitative estimate of drug-likeness (QED) is 0.620. The zero-order valence-electron chi connectivity index (χ0n) is 15.3. The first-order valence-corrected chi connectivity index (χ1v) is 9.84. The standard InChI is InChI=1S/C19H24F3N3S/c1-4-5-8-25-15(9-13(2)3)12-26-18(25)24-17-7-6-14(11-23)10-16(17)19(20,21)22/h6-7,10,13,15H,4-5,8-9,12H2,1-3H3. The summed E-state index contributed by atoms with van der Waals surface area (Å²) in [7, 11) is 0. The molecule has 1 aliphatic heterocycles. The second kappa shape index (κ2) is 8.81. The van der Waals surface area contributed by atoms with Crippen LogP contribution in [0.1, 0.15) is 51.2 Å². The molecule has 1 heterocycles. The van der Waals surface area contributed by atoms with Crippen molar-refractivity contribution in [2.24, 2.45) is 10.9 Å². The summed E-state index contributed by atoms with van der Waals surface area (Å²) in [5.74, 6) is 1.36. The molecule has 0 saturated carbocycles. The molecule has 1 unspecified atom stereocenters. The van der Waals surface area contributed by atoms with Crippen LogP contribution in [0.25, 0.3) is 0 Å². The van der Waals surface area contributed by atoms with Gasteiger partial charge in [0.05, 0.1) is 22.9 Å². The highest BCUT2D eigenvalue weighted by molar-refractivity contribution is 8.14. The second-order valence-corrected chi connectivity index (χ2v) is 7.86. The molecule has 2 rings (SSSR count). The molecule has 0 bridgehead atoms. The number of aliphatic imine (C=N–C) groups is 1. The Morgan fingerprint density at radius 3 is 2.69 bits per heavy atom. The molecule has 26 heavy (non-hydrogen) atoms. The van der Waals surface area contributed by atoms with Crippen molar-refractivity contribution in [3.63, 3.8) is 0 Å². The van der Waals surface area contributed by atoms with E-state index in [2.05, 4.69) is 30.7 Å². The van der Waals surface area contributed by atoms with Crippen LogP contribution in [0, 0.1) is 17.2 Å². The Hall–Kier alpha value is -1.68. The fourth-order valence-electron chi connectivity index (χ4n) is 2.98. The number of hydrogen-bond acceptors (Lipinski definition) is 3. The lowest BCUT2D eigenvalue weighted by Gasteiger charge is -2.27. The Balaban J connectivity index is 2.39. The zero-order valence-corrected chi connectivity index (χ0v) is 16.1. The minimum Gasteiger partial charge on any atom is -0.347 e. The SMILES string of the molecule is CCCCN1C(=Nc2ccc(C#N)cc2C(F)(F)F)SCC1CC(C)C. The molecule has 0 amide bonds. The first-order chi connectivity index (χ1) is 12.3. The van der Waals surface area contributed by atoms with E-state index in [0.29, 0.717) is 17.1 Å². The number of benzene rings is 1. The Kier molecular flexibility index (Phi) is 6.99. The number of rotatable bonds is 6. The van der Waals surface area contributed by atoms with Gasteiger partial charge in [-0.15, -0.1) is 0 Å². The minimum absolute atomic E-state index is 0.0131. The summed E-state index contributed by atoms with van der Waals surface area (Å²) < 4.78 is 40.2. The van der Waals surface area contributed by atoms with Crippen LogP contribution in [0.2, 0.25) is 0 Å². The molecule has 7 heteroatoms. The lowest BCUT2D eigenvalue weighted by atomic mass is 10.0. The number of amidine groups is 1. The summed E-state index contributed by atoms with van der Waals surface area (Å²) in [5.41, 5.74) is -0.987. The molecule has 0 radical (unpaired) electrons. The van der Waals surface area contributed by atoms with Gasteiger partial charge in [0.1, 0.15) is 0 Å². The van der Waals surface area contributed by atoms with Crippen molar-refractivity contribution in [3.05, 3.63) is 29.3 Å². The van der Waals surface area contributed by atoms with E-state index in [4.69, 9.17) is 5.26 Å². The number of alkyl halides is 3. The van der Waals surface area contributed by atoms with Gasteiger partial charge in [0.25, 0.3) is 0 Å². The molecule has 1 aromatic carbocycles. The predicted octanol–water partition coefficient (Wildman–Crippen LogP) is 5.83. The summed E-state index contributed by atoms with van der Waals surface area (Å²) in [4.78, 5) is 6.53. The van der Waals surface area contributed by atoms with Crippen molar-refractivity contribution >= 4 is 22.6 Å². The summed E-state index contributed by atoms with van der Waals surface area (Å²) in [6.07, 6.45) is -1.54. The number of nitrogens with zero attached hydrogens (tertiary/aromatic N) is 3. The van der Waals surface area contributed by atoms with Crippen molar-refractivity contribution in [1.29, 1.82) is 5.26 Å². The minimum atomic E-state index is -4.54. The van der Waals surface area contributed by atoms with Crippen LogP contribution in [-0.2, 0) is 6.18 Å². The van der Waals surface area contributed by atoms with Gasteiger partial charge in [-0.25, -0.2) is 4.99 Å². The third-order valence-electron chi connectivity index (χ3n) is 4.23. The topological polar surface area (TPSA) is 39.4 Å². The number of nitriles is 1. The molecule has 1 saturated heterocycles. The van der Waals surface area contributed by atoms with Gasteiger partial charge in [-0.1, -0.05) is 39.0 Å². The highest BCUT2D eigenvalue weighted by atomic mass is 32.2. The molecule has 1 aromatic rings. The Bertz CT molecular complexity index is 692. The molecule has 1 aliphatic rings. The van der Waals surface area contributed by atoms with E-state index >= 15 is 0 Å². The lowest BCUT2D eigenvalue weighted by molar-refractivity contribution is -0.137. The van der Waals surface area contributed by atoms with Gasteiger partial charge in [0.15, 0.2) is 5.17 Å². The van der Waals surface area contributed by atoms with Crippen LogP contribution >= 0.6 is 11.8 Å². The third-order valence-corrected chi connectivity index (χ3v) is 5.37. The van der Waals surface area contributed by atoms with Crippen molar-refractivity contribution in [2.45, 2.75) is 52.3 Å². The fourth-order valence-corrected chi connectivity index (χ4v) is 4.20. The van der Waals surface area contributed by atoms with Gasteiger partial charge < -0.3 is 4.90 Å². The molecule has 0 N–H and O–H groups in total. The van der Waals surface area contributed by atoms with Crippen LogP contribution in [-0.4, -0.2) is 28.4 Å². The van der Waals surface area contributed by atoms with Crippen molar-refractivity contribution in [1.82, 2.24) is 4.90 Å². The van der Waals surface area contributed by atoms with Gasteiger partial charge >= 0.3 is 6.18 Å². The van der Waals surface area contributed by atoms with Gasteiger partial charge in [0.2, 0.25) is 0 Å². The number of halogens is 3. The molecule has 142 valence electrons. The van der Waals surface area contributed by atoms with Gasteiger partial charge in [-0.05, 0) is 37.0 Å². The summed E-state index contributed by atoms with van der Waals surface area (Å²) >= 11 is 1.52. The number of hydrogen-bond donors (Lipinski definition) is 0. The van der Waals surface area contributed by atoms with Crippen molar-refractivity contribution < 1.29 is 13.2 Å². The van der Waals surface area contributed by atoms with Crippen LogP contribution in [0.3, 0.4) is 0 Å². The molecule has 3 nitrogen and oxygen atoms in total. The van der Waals surface area contributed by atoms with Crippen molar-refractivity contribution in [3.8, 4) is 6.07 Å². The van der Waals surface area contributed by atoms with E-state index in [1.165, 1.54) is 23.9 Å². The maximum atomic E-state index is 13.4. The van der Waals surface area contributed by atoms with Gasteiger partial charge in [-0.3, -0.25) is 0 Å². The van der Waals surface area contributed by atoms with Gasteiger partial charge in [-0.2, -0.15) is 18.4 Å². The number of unbranched alkanes of at least 4 members (excludes halogenated alkanes) is 1. The highest BCUT2D eigenvalue weighted by Crippen LogP contribution is 2.39. The fraction of sp³-hybridized carbons (Fsp3) is 0.579. The monoisotopic (exact) mass is 383 g/mol. The van der Waals surface area contributed by atoms with E-state index in [-0.39, 0.29) is 11.3 Å². The normalized spacial score (nSPS) is 19.4. The van der Waals surface area contributed by atoms with E-state index < -0.39 is 11.7 Å². The smallest absolute Gasteiger partial charge is 0.347 e. The summed E-state index contributed by atoms with van der Waals surface area (Å²) in [6.45, 7) is 7.21. The first-order valence-electron chi connectivity index (χ1n) is 8.85. The predicted molar refractivity (Wildman–Crippen MR) is 101 cm³/mol. The average molecular weight is 383 g/mol. The molecule has 0 spiro atoms. The molecule has 1 atom stereocenters. The maximum absolute atomic E-state index is 13.4. The summed E-state index contributed by atoms with van der Waals surface area (Å²) in [5, 5.41) is 9.55. The largest absolute Gasteiger partial charge is 0.418 e. The Morgan fingerprint density at radius 1 is 1.38 bits per heavy atom. The molecule has 0 aliphatic carbocycles. The van der Waals surface area contributed by atoms with E-state index in [0.717, 1.165) is 37.6 Å². The third kappa shape index (κ3) is 5.16. The van der Waals surface area contributed by atoms with Crippen molar-refractivity contribution in [2.75, 3.05) is 12.3 Å². The van der Waals surface area contributed by atoms with Crippen LogP contribution < -0.4 is 0 Å². The number of thioether (sulfide) groups is 1. The van der Waals surface area contributed by atoms with Crippen LogP contribution in [0.15, 0.2) is 23.2 Å². The molecular formula is C19H24F3N3S. The Morgan fingerprint density at radius 2 is 2.12 bits per heavy atom. The van der Waals surface area contributed by atoms with Gasteiger partial charge in [0, 0.05) is 18.3 Å². The zero-order chi connectivity index (χ0) is 19.3. The van der Waals surface area contributed by atoms with Crippen LogP contribution in [0.4, 0.5) is 18.9 Å². The average Bonchev–Trinajstić information content (AvgIpc) is 2.93. The molecule has 0 aromatic heterocycles. The second-order valence-electron chi connectivity index (χ2n) is 6.88. The lowest BCUT2D eigenvalue weighted by Crippen LogP contribution is -2.35. The maximum Gasteiger partial charge on any atom is 0.418 e.